The van der Waals surface area contributed by atoms with E-state index in [0.717, 1.165) is 10.9 Å². The summed E-state index contributed by atoms with van der Waals surface area (Å²) in [5, 5.41) is 7.71. The van der Waals surface area contributed by atoms with Crippen LogP contribution in [0.25, 0.3) is 10.9 Å². The number of methoxy groups -OCH3 is 1. The van der Waals surface area contributed by atoms with Gasteiger partial charge < -0.3 is 14.8 Å². The summed E-state index contributed by atoms with van der Waals surface area (Å²) in [6, 6.07) is 19.8. The van der Waals surface area contributed by atoms with E-state index in [-0.39, 0.29) is 18.1 Å². The van der Waals surface area contributed by atoms with Crippen LogP contribution >= 0.6 is 15.9 Å². The number of carbonyl (C=O) groups is 1. The molecule has 36 heavy (non-hydrogen) atoms. The Morgan fingerprint density at radius 1 is 1.14 bits per heavy atom. The molecule has 1 amide bonds. The minimum Gasteiger partial charge on any atom is -0.493 e. The molecule has 0 saturated carbocycles. The third-order valence-corrected chi connectivity index (χ3v) is 5.79. The van der Waals surface area contributed by atoms with E-state index in [1.807, 2.05) is 37.3 Å². The van der Waals surface area contributed by atoms with E-state index in [1.54, 1.807) is 36.4 Å². The lowest BCUT2D eigenvalue weighted by Gasteiger charge is -2.13. The van der Waals surface area contributed by atoms with Crippen molar-refractivity contribution < 1.29 is 14.3 Å². The molecule has 9 heteroatoms. The van der Waals surface area contributed by atoms with Crippen LogP contribution in [0, 0.1) is 0 Å². The number of aromatic nitrogens is 2. The minimum atomic E-state index is -0.319. The summed E-state index contributed by atoms with van der Waals surface area (Å²) >= 11 is 3.41. The van der Waals surface area contributed by atoms with Crippen molar-refractivity contribution in [3.63, 3.8) is 0 Å². The van der Waals surface area contributed by atoms with Gasteiger partial charge in [0.2, 0.25) is 0 Å². The van der Waals surface area contributed by atoms with E-state index < -0.39 is 0 Å². The number of fused-ring (bicyclic) bond motifs is 1. The number of halogens is 1. The molecule has 4 aromatic rings. The molecule has 0 spiro atoms. The molecule has 0 radical (unpaired) electrons. The molecule has 0 saturated heterocycles. The fourth-order valence-corrected chi connectivity index (χ4v) is 3.99. The number of para-hydroxylation sites is 2. The van der Waals surface area contributed by atoms with Crippen LogP contribution in [0.15, 0.2) is 81.1 Å². The molecule has 0 bridgehead atoms. The molecule has 1 heterocycles. The van der Waals surface area contributed by atoms with Crippen molar-refractivity contribution in [1.82, 2.24) is 9.66 Å². The first kappa shape index (κ1) is 25.1. The van der Waals surface area contributed by atoms with Gasteiger partial charge in [-0.05, 0) is 48.9 Å². The molecule has 0 aliphatic carbocycles. The van der Waals surface area contributed by atoms with Crippen molar-refractivity contribution in [2.24, 2.45) is 5.10 Å². The number of anilines is 1. The van der Waals surface area contributed by atoms with Gasteiger partial charge in [-0.15, -0.1) is 0 Å². The lowest BCUT2D eigenvalue weighted by Crippen LogP contribution is -2.22. The normalized spacial score (nSPS) is 11.1. The van der Waals surface area contributed by atoms with Gasteiger partial charge in [0.1, 0.15) is 5.82 Å². The van der Waals surface area contributed by atoms with Gasteiger partial charge in [-0.3, -0.25) is 9.59 Å². The highest BCUT2D eigenvalue weighted by Gasteiger charge is 2.14. The predicted octanol–water partition coefficient (Wildman–Crippen LogP) is 5.02. The predicted molar refractivity (Wildman–Crippen MR) is 144 cm³/mol. The van der Waals surface area contributed by atoms with Crippen LogP contribution in [0.3, 0.4) is 0 Å². The summed E-state index contributed by atoms with van der Waals surface area (Å²) in [4.78, 5) is 30.3. The molecule has 0 aliphatic heterocycles. The van der Waals surface area contributed by atoms with Crippen molar-refractivity contribution in [3.05, 3.63) is 92.9 Å². The monoisotopic (exact) mass is 548 g/mol. The molecule has 184 valence electrons. The summed E-state index contributed by atoms with van der Waals surface area (Å²) in [5.74, 6) is 1.02. The Morgan fingerprint density at radius 3 is 2.69 bits per heavy atom. The summed E-state index contributed by atoms with van der Waals surface area (Å²) < 4.78 is 13.4. The fourth-order valence-electron chi connectivity index (χ4n) is 3.63. The number of hydrogen-bond donors (Lipinski definition) is 1. The Kier molecular flexibility index (Phi) is 8.12. The Hall–Kier alpha value is -3.98. The zero-order chi connectivity index (χ0) is 25.5. The molecule has 4 rings (SSSR count). The third-order valence-electron chi connectivity index (χ3n) is 5.30. The molecule has 0 atom stereocenters. The lowest BCUT2D eigenvalue weighted by molar-refractivity contribution is -0.118. The molecule has 3 aromatic carbocycles. The smallest absolute Gasteiger partial charge is 0.282 e. The Morgan fingerprint density at radius 2 is 1.94 bits per heavy atom. The van der Waals surface area contributed by atoms with Gasteiger partial charge >= 0.3 is 0 Å². The molecule has 8 nitrogen and oxygen atoms in total. The van der Waals surface area contributed by atoms with Gasteiger partial charge in [0.15, 0.2) is 18.1 Å². The minimum absolute atomic E-state index is 0.233. The van der Waals surface area contributed by atoms with Gasteiger partial charge in [-0.25, -0.2) is 4.98 Å². The number of hydrogen-bond acceptors (Lipinski definition) is 6. The maximum absolute atomic E-state index is 13.3. The van der Waals surface area contributed by atoms with Gasteiger partial charge in [0.25, 0.3) is 11.5 Å². The zero-order valence-corrected chi connectivity index (χ0v) is 21.5. The van der Waals surface area contributed by atoms with Crippen molar-refractivity contribution in [1.29, 1.82) is 0 Å². The highest BCUT2D eigenvalue weighted by Crippen LogP contribution is 2.30. The largest absolute Gasteiger partial charge is 0.493 e. The number of carbonyl (C=O) groups excluding carboxylic acids is 1. The second-order valence-electron chi connectivity index (χ2n) is 7.88. The molecule has 1 aromatic heterocycles. The fraction of sp³-hybridized carbons (Fsp3) is 0.185. The molecule has 1 N–H and O–H groups in total. The SMILES string of the molecule is CCCc1nc2ccc(Br)cc2c(=O)n1N=Cc1cccc(OC)c1OCC(=O)Nc1ccccc1. The van der Waals surface area contributed by atoms with Crippen molar-refractivity contribution in [3.8, 4) is 11.5 Å². The highest BCUT2D eigenvalue weighted by atomic mass is 79.9. The first-order valence-corrected chi connectivity index (χ1v) is 12.2. The molecule has 0 unspecified atom stereocenters. The van der Waals surface area contributed by atoms with Gasteiger partial charge in [-0.1, -0.05) is 47.1 Å². The number of nitrogens with one attached hydrogen (secondary N) is 1. The Balaban J connectivity index is 1.65. The summed E-state index contributed by atoms with van der Waals surface area (Å²) in [6.07, 6.45) is 2.90. The molecule has 0 aliphatic rings. The molecule has 0 fully saturated rings. The quantitative estimate of drug-likeness (QED) is 0.296. The van der Waals surface area contributed by atoms with E-state index in [9.17, 15) is 9.59 Å². The zero-order valence-electron chi connectivity index (χ0n) is 19.9. The van der Waals surface area contributed by atoms with Gasteiger partial charge in [-0.2, -0.15) is 9.78 Å². The van der Waals surface area contributed by atoms with Gasteiger partial charge in [0, 0.05) is 22.1 Å². The molecular formula is C27H25BrN4O4. The maximum atomic E-state index is 13.3. The highest BCUT2D eigenvalue weighted by molar-refractivity contribution is 9.10. The standard InChI is InChI=1S/C27H25BrN4O4/c1-3-8-24-31-22-14-13-19(28)15-21(22)27(34)32(24)29-16-18-9-7-12-23(35-2)26(18)36-17-25(33)30-20-10-5-4-6-11-20/h4-7,9-16H,3,8,17H2,1-2H3,(H,30,33). The van der Waals surface area contributed by atoms with E-state index in [1.165, 1.54) is 18.0 Å². The van der Waals surface area contributed by atoms with Crippen LogP contribution in [0.5, 0.6) is 11.5 Å². The Labute approximate surface area is 216 Å². The van der Waals surface area contributed by atoms with Crippen molar-refractivity contribution in [2.45, 2.75) is 19.8 Å². The number of benzene rings is 3. The Bertz CT molecular complexity index is 1470. The van der Waals surface area contributed by atoms with E-state index in [4.69, 9.17) is 9.47 Å². The number of rotatable bonds is 9. The van der Waals surface area contributed by atoms with Crippen LogP contribution < -0.4 is 20.3 Å². The van der Waals surface area contributed by atoms with Crippen LogP contribution in [0.4, 0.5) is 5.69 Å². The van der Waals surface area contributed by atoms with Crippen LogP contribution in [0.1, 0.15) is 24.7 Å². The second kappa shape index (κ2) is 11.6. The number of ether oxygens (including phenoxy) is 2. The number of aryl methyl sites for hydroxylation is 1. The van der Waals surface area contributed by atoms with Gasteiger partial charge in [0.05, 0.1) is 24.2 Å². The van der Waals surface area contributed by atoms with Crippen LogP contribution in [-0.4, -0.2) is 35.5 Å². The van der Waals surface area contributed by atoms with Crippen LogP contribution in [0.2, 0.25) is 0 Å². The van der Waals surface area contributed by atoms with Crippen LogP contribution in [-0.2, 0) is 11.2 Å². The van der Waals surface area contributed by atoms with E-state index in [2.05, 4.69) is 31.3 Å². The summed E-state index contributed by atoms with van der Waals surface area (Å²) in [7, 11) is 1.52. The first-order chi connectivity index (χ1) is 17.5. The maximum Gasteiger partial charge on any atom is 0.282 e. The summed E-state index contributed by atoms with van der Waals surface area (Å²) in [5.41, 5.74) is 1.57. The third kappa shape index (κ3) is 5.80. The number of nitrogens with zero attached hydrogens (tertiary/aromatic N) is 3. The number of amides is 1. The van der Waals surface area contributed by atoms with E-state index in [0.29, 0.717) is 45.9 Å². The first-order valence-electron chi connectivity index (χ1n) is 11.4. The average Bonchev–Trinajstić information content (AvgIpc) is 2.88. The van der Waals surface area contributed by atoms with Crippen molar-refractivity contribution in [2.75, 3.05) is 19.0 Å². The topological polar surface area (TPSA) is 94.8 Å². The lowest BCUT2D eigenvalue weighted by atomic mass is 10.2. The average molecular weight is 549 g/mol. The second-order valence-corrected chi connectivity index (χ2v) is 8.80. The molecular weight excluding hydrogens is 524 g/mol. The van der Waals surface area contributed by atoms with Crippen molar-refractivity contribution >= 4 is 44.6 Å². The van der Waals surface area contributed by atoms with E-state index >= 15 is 0 Å². The summed E-state index contributed by atoms with van der Waals surface area (Å²) in [6.45, 7) is 1.78.